The predicted octanol–water partition coefficient (Wildman–Crippen LogP) is 5.43. The van der Waals surface area contributed by atoms with Crippen LogP contribution in [0.1, 0.15) is 71.7 Å². The molecule has 3 rings (SSSR count). The first-order chi connectivity index (χ1) is 15.4. The molecule has 0 saturated heterocycles. The van der Waals surface area contributed by atoms with Gasteiger partial charge in [0.15, 0.2) is 11.5 Å². The lowest BCUT2D eigenvalue weighted by Gasteiger charge is -2.41. The predicted molar refractivity (Wildman–Crippen MR) is 130 cm³/mol. The Morgan fingerprint density at radius 3 is 2.00 bits per heavy atom. The summed E-state index contributed by atoms with van der Waals surface area (Å²) in [5.41, 5.74) is 0.465. The molecule has 33 heavy (non-hydrogen) atoms. The van der Waals surface area contributed by atoms with Crippen LogP contribution in [0.3, 0.4) is 0 Å². The molecule has 4 unspecified atom stereocenters. The number of methoxy groups -OCH3 is 3. The summed E-state index contributed by atoms with van der Waals surface area (Å²) in [6.07, 6.45) is 2.13. The number of ether oxygens (including phenoxy) is 4. The summed E-state index contributed by atoms with van der Waals surface area (Å²) in [5, 5.41) is 0. The number of hydrogen-bond acceptors (Lipinski definition) is 6. The third-order valence-electron chi connectivity index (χ3n) is 8.79. The van der Waals surface area contributed by atoms with Crippen LogP contribution in [0.5, 0.6) is 17.2 Å². The van der Waals surface area contributed by atoms with Crippen LogP contribution in [0.2, 0.25) is 0 Å². The molecule has 2 saturated carbocycles. The summed E-state index contributed by atoms with van der Waals surface area (Å²) in [5.74, 6) is 1.85. The molecule has 1 aromatic rings. The Balaban J connectivity index is 1.95. The van der Waals surface area contributed by atoms with E-state index in [4.69, 9.17) is 18.9 Å². The molecule has 0 aromatic heterocycles. The maximum absolute atomic E-state index is 13.5. The van der Waals surface area contributed by atoms with E-state index in [1.165, 1.54) is 6.42 Å². The van der Waals surface area contributed by atoms with Gasteiger partial charge in [0.25, 0.3) is 0 Å². The van der Waals surface area contributed by atoms with Crippen molar-refractivity contribution >= 4 is 5.97 Å². The molecular formula is C27H43NO5. The summed E-state index contributed by atoms with van der Waals surface area (Å²) in [4.78, 5) is 16.0. The van der Waals surface area contributed by atoms with Crippen molar-refractivity contribution in [2.45, 2.75) is 79.5 Å². The molecule has 2 aliphatic rings. The van der Waals surface area contributed by atoms with Gasteiger partial charge in [-0.2, -0.15) is 0 Å². The van der Waals surface area contributed by atoms with Gasteiger partial charge in [0, 0.05) is 30.0 Å². The van der Waals surface area contributed by atoms with Gasteiger partial charge in [0.2, 0.25) is 5.75 Å². The number of rotatable bonds is 9. The second-order valence-electron chi connectivity index (χ2n) is 11.1. The van der Waals surface area contributed by atoms with Crippen molar-refractivity contribution in [3.8, 4) is 17.2 Å². The monoisotopic (exact) mass is 461 g/mol. The van der Waals surface area contributed by atoms with Crippen molar-refractivity contribution in [1.29, 1.82) is 0 Å². The summed E-state index contributed by atoms with van der Waals surface area (Å²) < 4.78 is 22.7. The first-order valence-corrected chi connectivity index (χ1v) is 12.2. The normalized spacial score (nSPS) is 28.0. The zero-order valence-electron chi connectivity index (χ0n) is 22.2. The van der Waals surface area contributed by atoms with E-state index in [0.717, 1.165) is 13.0 Å². The van der Waals surface area contributed by atoms with E-state index in [0.29, 0.717) is 46.7 Å². The number of carbonyl (C=O) groups is 1. The number of nitrogens with zero attached hydrogens (tertiary/aromatic N) is 1. The molecule has 2 bridgehead atoms. The topological polar surface area (TPSA) is 57.2 Å². The van der Waals surface area contributed by atoms with E-state index in [-0.39, 0.29) is 22.9 Å². The first-order valence-electron chi connectivity index (χ1n) is 12.2. The zero-order chi connectivity index (χ0) is 24.7. The van der Waals surface area contributed by atoms with Gasteiger partial charge < -0.3 is 18.9 Å². The fraction of sp³-hybridized carbons (Fsp3) is 0.741. The van der Waals surface area contributed by atoms with Gasteiger partial charge in [-0.3, -0.25) is 4.90 Å². The van der Waals surface area contributed by atoms with Crippen LogP contribution in [0, 0.1) is 22.7 Å². The number of esters is 1. The highest BCUT2D eigenvalue weighted by molar-refractivity contribution is 5.91. The highest BCUT2D eigenvalue weighted by Gasteiger charge is 2.67. The van der Waals surface area contributed by atoms with Crippen LogP contribution in [0.15, 0.2) is 12.1 Å². The first kappa shape index (κ1) is 25.7. The molecular weight excluding hydrogens is 418 g/mol. The minimum absolute atomic E-state index is 0.0573. The van der Waals surface area contributed by atoms with Crippen molar-refractivity contribution in [3.05, 3.63) is 17.7 Å². The third-order valence-corrected chi connectivity index (χ3v) is 8.79. The number of benzene rings is 1. The molecule has 0 N–H and O–H groups in total. The largest absolute Gasteiger partial charge is 0.493 e. The Hall–Kier alpha value is -1.95. The third kappa shape index (κ3) is 4.20. The molecule has 0 aliphatic heterocycles. The molecule has 2 fully saturated rings. The van der Waals surface area contributed by atoms with E-state index in [9.17, 15) is 4.79 Å². The SMILES string of the molecule is COc1cc(C(=O)OC2C(CN(C(C)C)C(C)C)C3CCC2(C)C3(C)C)cc(OC)c1OC. The zero-order valence-corrected chi connectivity index (χ0v) is 22.2. The second-order valence-corrected chi connectivity index (χ2v) is 11.1. The van der Waals surface area contributed by atoms with Crippen molar-refractivity contribution in [3.63, 3.8) is 0 Å². The lowest BCUT2D eigenvalue weighted by molar-refractivity contribution is -0.0491. The molecule has 1 aromatic carbocycles. The molecule has 4 atom stereocenters. The van der Waals surface area contributed by atoms with Gasteiger partial charge in [-0.05, 0) is 64.0 Å². The van der Waals surface area contributed by atoms with Gasteiger partial charge in [-0.15, -0.1) is 0 Å². The van der Waals surface area contributed by atoms with Crippen LogP contribution >= 0.6 is 0 Å². The van der Waals surface area contributed by atoms with Gasteiger partial charge in [0.1, 0.15) is 6.10 Å². The van der Waals surface area contributed by atoms with E-state index in [1.54, 1.807) is 33.5 Å². The van der Waals surface area contributed by atoms with E-state index in [1.807, 2.05) is 0 Å². The standard InChI is InChI=1S/C27H43NO5/c1-16(2)28(17(3)4)15-19-20-11-12-27(7,26(20,5)6)24(19)33-25(29)18-13-21(30-8)23(32-10)22(14-18)31-9/h13-14,16-17,19-20,24H,11-12,15H2,1-10H3. The van der Waals surface area contributed by atoms with Crippen LogP contribution in [0.4, 0.5) is 0 Å². The lowest BCUT2D eigenvalue weighted by atomic mass is 9.70. The van der Waals surface area contributed by atoms with Gasteiger partial charge in [0.05, 0.1) is 26.9 Å². The summed E-state index contributed by atoms with van der Waals surface area (Å²) >= 11 is 0. The molecule has 2 aliphatic carbocycles. The summed E-state index contributed by atoms with van der Waals surface area (Å²) in [6, 6.07) is 4.22. The van der Waals surface area contributed by atoms with Crippen LogP contribution in [-0.4, -0.2) is 56.9 Å². The van der Waals surface area contributed by atoms with Gasteiger partial charge in [-0.25, -0.2) is 4.79 Å². The Bertz CT molecular complexity index is 831. The Morgan fingerprint density at radius 1 is 1.00 bits per heavy atom. The molecule has 0 radical (unpaired) electrons. The van der Waals surface area contributed by atoms with Crippen molar-refractivity contribution in [2.75, 3.05) is 27.9 Å². The fourth-order valence-electron chi connectivity index (χ4n) is 6.59. The van der Waals surface area contributed by atoms with Crippen molar-refractivity contribution in [2.24, 2.45) is 22.7 Å². The van der Waals surface area contributed by atoms with Crippen molar-refractivity contribution in [1.82, 2.24) is 4.90 Å². The average molecular weight is 462 g/mol. The molecule has 186 valence electrons. The molecule has 0 amide bonds. The minimum atomic E-state index is -0.338. The number of fused-ring (bicyclic) bond motifs is 2. The number of carbonyl (C=O) groups excluding carboxylic acids is 1. The Morgan fingerprint density at radius 2 is 1.55 bits per heavy atom. The highest BCUT2D eigenvalue weighted by Crippen LogP contribution is 2.68. The van der Waals surface area contributed by atoms with E-state index >= 15 is 0 Å². The quantitative estimate of drug-likeness (QED) is 0.457. The Kier molecular flexibility index (Phi) is 7.28. The fourth-order valence-corrected chi connectivity index (χ4v) is 6.59. The average Bonchev–Trinajstić information content (AvgIpc) is 3.08. The van der Waals surface area contributed by atoms with Gasteiger partial charge >= 0.3 is 5.97 Å². The van der Waals surface area contributed by atoms with Crippen LogP contribution < -0.4 is 14.2 Å². The molecule has 0 spiro atoms. The van der Waals surface area contributed by atoms with Crippen molar-refractivity contribution < 1.29 is 23.7 Å². The summed E-state index contributed by atoms with van der Waals surface area (Å²) in [6.45, 7) is 17.0. The van der Waals surface area contributed by atoms with E-state index < -0.39 is 0 Å². The number of hydrogen-bond donors (Lipinski definition) is 0. The smallest absolute Gasteiger partial charge is 0.338 e. The maximum atomic E-state index is 13.5. The summed E-state index contributed by atoms with van der Waals surface area (Å²) in [7, 11) is 4.65. The minimum Gasteiger partial charge on any atom is -0.493 e. The van der Waals surface area contributed by atoms with Gasteiger partial charge in [-0.1, -0.05) is 20.8 Å². The van der Waals surface area contributed by atoms with Crippen LogP contribution in [0.25, 0.3) is 0 Å². The molecule has 0 heterocycles. The maximum Gasteiger partial charge on any atom is 0.338 e. The highest BCUT2D eigenvalue weighted by atomic mass is 16.5. The Labute approximate surface area is 199 Å². The molecule has 6 heteroatoms. The second kappa shape index (κ2) is 9.36. The van der Waals surface area contributed by atoms with E-state index in [2.05, 4.69) is 53.4 Å². The van der Waals surface area contributed by atoms with Crippen LogP contribution in [-0.2, 0) is 4.74 Å². The lowest BCUT2D eigenvalue weighted by Crippen LogP contribution is -2.47. The molecule has 6 nitrogen and oxygen atoms in total.